The molecule has 0 unspecified atom stereocenters. The number of methoxy groups -OCH3 is 1. The minimum Gasteiger partial charge on any atom is -0.497 e. The fourth-order valence-electron chi connectivity index (χ4n) is 3.07. The van der Waals surface area contributed by atoms with E-state index in [2.05, 4.69) is 32.2 Å². The second-order valence-electron chi connectivity index (χ2n) is 6.20. The van der Waals surface area contributed by atoms with Crippen molar-refractivity contribution in [3.05, 3.63) is 47.9 Å². The summed E-state index contributed by atoms with van der Waals surface area (Å²) in [6.07, 6.45) is 0. The van der Waals surface area contributed by atoms with Gasteiger partial charge < -0.3 is 30.0 Å². The molecule has 0 saturated carbocycles. The summed E-state index contributed by atoms with van der Waals surface area (Å²) in [6.45, 7) is 3.96. The number of amides is 1. The number of rotatable bonds is 5. The summed E-state index contributed by atoms with van der Waals surface area (Å²) in [7, 11) is 3.43. The van der Waals surface area contributed by atoms with Gasteiger partial charge in [-0.25, -0.2) is 0 Å². The number of piperazine rings is 1. The van der Waals surface area contributed by atoms with Crippen LogP contribution in [0.2, 0.25) is 0 Å². The molecule has 8 nitrogen and oxygen atoms in total. The lowest BCUT2D eigenvalue weighted by Gasteiger charge is -2.37. The van der Waals surface area contributed by atoms with Crippen LogP contribution in [0.5, 0.6) is 5.75 Å². The largest absolute Gasteiger partial charge is 0.497 e. The molecule has 0 radical (unpaired) electrons. The Kier molecular flexibility index (Phi) is 5.85. The molecule has 1 amide bonds. The van der Waals surface area contributed by atoms with Gasteiger partial charge in [-0.2, -0.15) is 0 Å². The van der Waals surface area contributed by atoms with E-state index in [9.17, 15) is 4.79 Å². The molecule has 1 aliphatic heterocycles. The summed E-state index contributed by atoms with van der Waals surface area (Å²) < 4.78 is 10.6. The molecule has 2 heterocycles. The number of carbonyl (C=O) groups excluding carboxylic acids is 1. The zero-order valence-corrected chi connectivity index (χ0v) is 15.6. The third-order valence-electron chi connectivity index (χ3n) is 4.55. The highest BCUT2D eigenvalue weighted by molar-refractivity contribution is 5.89. The van der Waals surface area contributed by atoms with Gasteiger partial charge in [0, 0.05) is 38.9 Å². The van der Waals surface area contributed by atoms with E-state index >= 15 is 0 Å². The van der Waals surface area contributed by atoms with Crippen molar-refractivity contribution in [2.24, 2.45) is 10.7 Å². The van der Waals surface area contributed by atoms with Crippen molar-refractivity contribution in [3.63, 3.8) is 0 Å². The fraction of sp³-hybridized carbons (Fsp3) is 0.368. The molecule has 27 heavy (non-hydrogen) atoms. The second-order valence-corrected chi connectivity index (χ2v) is 6.20. The van der Waals surface area contributed by atoms with Crippen LogP contribution >= 0.6 is 0 Å². The summed E-state index contributed by atoms with van der Waals surface area (Å²) in [6, 6.07) is 11.4. The van der Waals surface area contributed by atoms with Crippen LogP contribution in [0.4, 0.5) is 5.69 Å². The molecule has 0 spiro atoms. The highest BCUT2D eigenvalue weighted by Gasteiger charge is 2.20. The van der Waals surface area contributed by atoms with E-state index in [0.29, 0.717) is 12.3 Å². The molecule has 3 rings (SSSR count). The van der Waals surface area contributed by atoms with Crippen molar-refractivity contribution in [2.75, 3.05) is 45.2 Å². The number of aliphatic imine (C=N–C) groups is 1. The van der Waals surface area contributed by atoms with Crippen molar-refractivity contribution in [3.8, 4) is 5.75 Å². The van der Waals surface area contributed by atoms with E-state index in [1.54, 1.807) is 26.3 Å². The van der Waals surface area contributed by atoms with E-state index in [1.165, 1.54) is 5.69 Å². The highest BCUT2D eigenvalue weighted by Crippen LogP contribution is 2.20. The number of hydrogen-bond acceptors (Lipinski definition) is 5. The van der Waals surface area contributed by atoms with E-state index < -0.39 is 5.91 Å². The normalized spacial score (nSPS) is 15.0. The minimum absolute atomic E-state index is 0.162. The van der Waals surface area contributed by atoms with Crippen LogP contribution in [-0.4, -0.2) is 57.1 Å². The molecule has 1 aromatic heterocycles. The van der Waals surface area contributed by atoms with Crippen LogP contribution in [0.1, 0.15) is 16.3 Å². The maximum Gasteiger partial charge on any atom is 0.284 e. The molecule has 1 fully saturated rings. The quantitative estimate of drug-likeness (QED) is 0.607. The van der Waals surface area contributed by atoms with Crippen LogP contribution in [0.15, 0.2) is 45.8 Å². The maximum atomic E-state index is 11.1. The van der Waals surface area contributed by atoms with Gasteiger partial charge in [0.1, 0.15) is 11.5 Å². The lowest BCUT2D eigenvalue weighted by atomic mass is 10.2. The van der Waals surface area contributed by atoms with Gasteiger partial charge in [0.2, 0.25) is 0 Å². The predicted octanol–water partition coefficient (Wildman–Crippen LogP) is 1.28. The maximum absolute atomic E-state index is 11.1. The van der Waals surface area contributed by atoms with Crippen LogP contribution in [0.3, 0.4) is 0 Å². The molecule has 2 aromatic rings. The van der Waals surface area contributed by atoms with Crippen molar-refractivity contribution in [1.82, 2.24) is 10.2 Å². The SMILES string of the molecule is CN=C(NCc1ccc(C(N)=O)o1)N1CCN(c2ccc(OC)cc2)CC1. The van der Waals surface area contributed by atoms with Gasteiger partial charge in [-0.05, 0) is 36.4 Å². The van der Waals surface area contributed by atoms with Crippen LogP contribution in [0.25, 0.3) is 0 Å². The summed E-state index contributed by atoms with van der Waals surface area (Å²) in [5.41, 5.74) is 6.39. The van der Waals surface area contributed by atoms with Crippen LogP contribution < -0.4 is 20.7 Å². The number of ether oxygens (including phenoxy) is 1. The van der Waals surface area contributed by atoms with Gasteiger partial charge in [-0.3, -0.25) is 9.79 Å². The van der Waals surface area contributed by atoms with E-state index in [4.69, 9.17) is 14.9 Å². The Bertz CT molecular complexity index is 792. The van der Waals surface area contributed by atoms with Gasteiger partial charge >= 0.3 is 0 Å². The first-order valence-corrected chi connectivity index (χ1v) is 8.84. The number of nitrogens with zero attached hydrogens (tertiary/aromatic N) is 3. The molecule has 144 valence electrons. The number of nitrogens with two attached hydrogens (primary N) is 1. The monoisotopic (exact) mass is 371 g/mol. The average molecular weight is 371 g/mol. The topological polar surface area (TPSA) is 96.3 Å². The van der Waals surface area contributed by atoms with E-state index in [-0.39, 0.29) is 5.76 Å². The van der Waals surface area contributed by atoms with Gasteiger partial charge in [0.15, 0.2) is 11.7 Å². The predicted molar refractivity (Wildman–Crippen MR) is 104 cm³/mol. The third kappa shape index (κ3) is 4.52. The molecular formula is C19H25N5O3. The number of guanidine groups is 1. The molecule has 8 heteroatoms. The average Bonchev–Trinajstić information content (AvgIpc) is 3.18. The van der Waals surface area contributed by atoms with Crippen LogP contribution in [0, 0.1) is 0 Å². The van der Waals surface area contributed by atoms with Crippen LogP contribution in [-0.2, 0) is 6.54 Å². The van der Waals surface area contributed by atoms with Gasteiger partial charge in [-0.15, -0.1) is 0 Å². The van der Waals surface area contributed by atoms with E-state index in [0.717, 1.165) is 37.9 Å². The summed E-state index contributed by atoms with van der Waals surface area (Å²) in [4.78, 5) is 20.0. The molecule has 1 aliphatic rings. The van der Waals surface area contributed by atoms with Crippen molar-refractivity contribution >= 4 is 17.6 Å². The summed E-state index contributed by atoms with van der Waals surface area (Å²) in [5, 5.41) is 3.27. The molecule has 0 atom stereocenters. The lowest BCUT2D eigenvalue weighted by Crippen LogP contribution is -2.52. The Morgan fingerprint density at radius 3 is 2.44 bits per heavy atom. The molecule has 1 aromatic carbocycles. The van der Waals surface area contributed by atoms with Gasteiger partial charge in [-0.1, -0.05) is 0 Å². The number of furan rings is 1. The lowest BCUT2D eigenvalue weighted by molar-refractivity contribution is 0.0972. The Hall–Kier alpha value is -3.16. The molecular weight excluding hydrogens is 346 g/mol. The molecule has 0 aliphatic carbocycles. The Morgan fingerprint density at radius 2 is 1.89 bits per heavy atom. The number of primary amides is 1. The smallest absolute Gasteiger partial charge is 0.284 e. The Labute approximate surface area is 158 Å². The van der Waals surface area contributed by atoms with Crippen molar-refractivity contribution in [1.29, 1.82) is 0 Å². The standard InChI is InChI=1S/C19H25N5O3/c1-21-19(22-13-16-7-8-17(27-16)18(20)25)24-11-9-23(10-12-24)14-3-5-15(26-2)6-4-14/h3-8H,9-13H2,1-2H3,(H2,20,25)(H,21,22). The minimum atomic E-state index is -0.569. The number of benzene rings is 1. The van der Waals surface area contributed by atoms with Gasteiger partial charge in [0.25, 0.3) is 5.91 Å². The molecule has 1 saturated heterocycles. The van der Waals surface area contributed by atoms with E-state index in [1.807, 2.05) is 12.1 Å². The third-order valence-corrected chi connectivity index (χ3v) is 4.55. The summed E-state index contributed by atoms with van der Waals surface area (Å²) >= 11 is 0. The highest BCUT2D eigenvalue weighted by atomic mass is 16.5. The van der Waals surface area contributed by atoms with Gasteiger partial charge in [0.05, 0.1) is 13.7 Å². The van der Waals surface area contributed by atoms with Crippen molar-refractivity contribution in [2.45, 2.75) is 6.54 Å². The zero-order valence-electron chi connectivity index (χ0n) is 15.6. The number of nitrogens with one attached hydrogen (secondary N) is 1. The number of anilines is 1. The Morgan fingerprint density at radius 1 is 1.19 bits per heavy atom. The fourth-order valence-corrected chi connectivity index (χ4v) is 3.07. The zero-order chi connectivity index (χ0) is 19.2. The van der Waals surface area contributed by atoms with Crippen molar-refractivity contribution < 1.29 is 13.9 Å². The first-order chi connectivity index (χ1) is 13.1. The Balaban J connectivity index is 1.52. The molecule has 3 N–H and O–H groups in total. The summed E-state index contributed by atoms with van der Waals surface area (Å²) in [5.74, 6) is 1.90. The number of hydrogen-bond donors (Lipinski definition) is 2. The first kappa shape index (κ1) is 18.6. The number of carbonyl (C=O) groups is 1. The first-order valence-electron chi connectivity index (χ1n) is 8.84. The molecule has 0 bridgehead atoms. The second kappa shape index (κ2) is 8.48.